The van der Waals surface area contributed by atoms with Crippen molar-refractivity contribution in [3.05, 3.63) is 74.6 Å². The van der Waals surface area contributed by atoms with Crippen LogP contribution in [0.25, 0.3) is 11.0 Å². The molecule has 4 rings (SSSR count). The Morgan fingerprint density at radius 2 is 1.70 bits per heavy atom. The maximum atomic E-state index is 12.3. The van der Waals surface area contributed by atoms with E-state index in [0.29, 0.717) is 32.9 Å². The zero-order valence-corrected chi connectivity index (χ0v) is 15.1. The zero-order valence-electron chi connectivity index (χ0n) is 14.3. The Kier molecular flexibility index (Phi) is 4.20. The average Bonchev–Trinajstić information content (AvgIpc) is 2.88. The van der Waals surface area contributed by atoms with E-state index >= 15 is 0 Å². The summed E-state index contributed by atoms with van der Waals surface area (Å²) < 4.78 is 10.8. The van der Waals surface area contributed by atoms with E-state index in [4.69, 9.17) is 20.8 Å². The van der Waals surface area contributed by atoms with Gasteiger partial charge in [0.05, 0.1) is 22.7 Å². The predicted octanol–water partition coefficient (Wildman–Crippen LogP) is 3.43. The van der Waals surface area contributed by atoms with Crippen LogP contribution >= 0.6 is 11.6 Å². The number of carbonyl (C=O) groups excluding carboxylic acids is 2. The Morgan fingerprint density at radius 1 is 1.04 bits per heavy atom. The molecule has 1 aliphatic heterocycles. The minimum absolute atomic E-state index is 0.0622. The molecule has 0 fully saturated rings. The molecule has 1 aromatic heterocycles. The van der Waals surface area contributed by atoms with E-state index in [2.05, 4.69) is 0 Å². The smallest absolute Gasteiger partial charge is 0.336 e. The molecule has 0 unspecified atom stereocenters. The predicted molar refractivity (Wildman–Crippen MR) is 99.5 cm³/mol. The molecule has 7 heteroatoms. The van der Waals surface area contributed by atoms with Gasteiger partial charge in [-0.25, -0.2) is 4.79 Å². The van der Waals surface area contributed by atoms with Gasteiger partial charge in [-0.15, -0.1) is 0 Å². The highest BCUT2D eigenvalue weighted by Gasteiger charge is 2.34. The third kappa shape index (κ3) is 2.98. The Morgan fingerprint density at radius 3 is 2.37 bits per heavy atom. The molecule has 27 heavy (non-hydrogen) atoms. The van der Waals surface area contributed by atoms with Crippen LogP contribution in [0.2, 0.25) is 5.02 Å². The molecular formula is C20H14ClNO5. The van der Waals surface area contributed by atoms with Gasteiger partial charge in [0.2, 0.25) is 0 Å². The molecule has 1 aliphatic rings. The third-order valence-corrected chi connectivity index (χ3v) is 4.75. The first kappa shape index (κ1) is 17.3. The number of rotatable bonds is 4. The lowest BCUT2D eigenvalue weighted by Gasteiger charge is -2.15. The Hall–Kier alpha value is -3.12. The topological polar surface area (TPSA) is 76.8 Å². The van der Waals surface area contributed by atoms with Gasteiger partial charge in [-0.2, -0.15) is 0 Å². The number of amides is 2. The molecule has 0 saturated carbocycles. The van der Waals surface area contributed by atoms with Crippen molar-refractivity contribution in [3.8, 4) is 5.75 Å². The first-order valence-electron chi connectivity index (χ1n) is 8.28. The number of imide groups is 1. The van der Waals surface area contributed by atoms with Crippen LogP contribution in [0.4, 0.5) is 0 Å². The molecule has 0 aliphatic carbocycles. The van der Waals surface area contributed by atoms with Gasteiger partial charge in [-0.1, -0.05) is 23.7 Å². The van der Waals surface area contributed by atoms with E-state index in [0.717, 1.165) is 10.5 Å². The first-order valence-corrected chi connectivity index (χ1v) is 8.65. The second-order valence-electron chi connectivity index (χ2n) is 6.18. The van der Waals surface area contributed by atoms with Crippen LogP contribution in [-0.2, 0) is 0 Å². The van der Waals surface area contributed by atoms with Crippen molar-refractivity contribution in [2.75, 3.05) is 13.2 Å². The number of aryl methyl sites for hydroxylation is 1. The maximum absolute atomic E-state index is 12.3. The van der Waals surface area contributed by atoms with E-state index in [1.807, 2.05) is 0 Å². The van der Waals surface area contributed by atoms with Gasteiger partial charge in [0.25, 0.3) is 11.8 Å². The van der Waals surface area contributed by atoms with Crippen LogP contribution in [0.5, 0.6) is 5.75 Å². The molecule has 6 nitrogen and oxygen atoms in total. The van der Waals surface area contributed by atoms with Gasteiger partial charge >= 0.3 is 5.63 Å². The van der Waals surface area contributed by atoms with Crippen molar-refractivity contribution in [1.29, 1.82) is 0 Å². The summed E-state index contributed by atoms with van der Waals surface area (Å²) >= 11 is 6.25. The second-order valence-corrected chi connectivity index (χ2v) is 6.59. The average molecular weight is 384 g/mol. The Balaban J connectivity index is 1.52. The Bertz CT molecular complexity index is 1120. The zero-order chi connectivity index (χ0) is 19.1. The number of benzene rings is 2. The van der Waals surface area contributed by atoms with Gasteiger partial charge in [0.1, 0.15) is 17.9 Å². The summed E-state index contributed by atoms with van der Waals surface area (Å²) in [5.41, 5.74) is 1.44. The molecule has 0 N–H and O–H groups in total. The minimum Gasteiger partial charge on any atom is -0.490 e. The van der Waals surface area contributed by atoms with Crippen LogP contribution in [0, 0.1) is 6.92 Å². The summed E-state index contributed by atoms with van der Waals surface area (Å²) in [7, 11) is 0. The lowest BCUT2D eigenvalue weighted by atomic mass is 10.1. The highest BCUT2D eigenvalue weighted by Crippen LogP contribution is 2.31. The van der Waals surface area contributed by atoms with Crippen LogP contribution < -0.4 is 10.4 Å². The first-order chi connectivity index (χ1) is 13.0. The molecule has 0 radical (unpaired) electrons. The standard InChI is InChI=1S/C20H14ClNO5/c1-11-8-18(23)27-16-10-17(15(21)9-14(11)16)26-7-6-22-19(24)12-4-2-3-5-13(12)20(22)25/h2-5,8-10H,6-7H2,1H3. The molecule has 0 saturated heterocycles. The number of hydrogen-bond acceptors (Lipinski definition) is 5. The van der Waals surface area contributed by atoms with Crippen molar-refractivity contribution in [3.63, 3.8) is 0 Å². The van der Waals surface area contributed by atoms with Crippen molar-refractivity contribution in [2.24, 2.45) is 0 Å². The number of carbonyl (C=O) groups is 2. The third-order valence-electron chi connectivity index (χ3n) is 4.45. The van der Waals surface area contributed by atoms with Gasteiger partial charge in [0, 0.05) is 17.5 Å². The van der Waals surface area contributed by atoms with E-state index < -0.39 is 5.63 Å². The SMILES string of the molecule is Cc1cc(=O)oc2cc(OCCN3C(=O)c4ccccc4C3=O)c(Cl)cc12. The van der Waals surface area contributed by atoms with Crippen LogP contribution in [-0.4, -0.2) is 29.9 Å². The van der Waals surface area contributed by atoms with Crippen molar-refractivity contribution in [2.45, 2.75) is 6.92 Å². The quantitative estimate of drug-likeness (QED) is 0.509. The molecule has 0 bridgehead atoms. The monoisotopic (exact) mass is 383 g/mol. The van der Waals surface area contributed by atoms with Crippen LogP contribution in [0.15, 0.2) is 51.7 Å². The number of nitrogens with zero attached hydrogens (tertiary/aromatic N) is 1. The summed E-state index contributed by atoms with van der Waals surface area (Å²) in [6.45, 7) is 1.93. The number of hydrogen-bond donors (Lipinski definition) is 0. The van der Waals surface area contributed by atoms with Gasteiger partial charge in [-0.3, -0.25) is 14.5 Å². The molecule has 0 spiro atoms. The maximum Gasteiger partial charge on any atom is 0.336 e. The molecule has 3 aromatic rings. The largest absolute Gasteiger partial charge is 0.490 e. The molecule has 2 aromatic carbocycles. The van der Waals surface area contributed by atoms with Crippen LogP contribution in [0.1, 0.15) is 26.3 Å². The normalized spacial score (nSPS) is 13.3. The molecule has 2 heterocycles. The highest BCUT2D eigenvalue weighted by atomic mass is 35.5. The lowest BCUT2D eigenvalue weighted by Crippen LogP contribution is -2.33. The van der Waals surface area contributed by atoms with E-state index in [1.54, 1.807) is 37.3 Å². The van der Waals surface area contributed by atoms with Crippen LogP contribution in [0.3, 0.4) is 0 Å². The highest BCUT2D eigenvalue weighted by molar-refractivity contribution is 6.32. The van der Waals surface area contributed by atoms with E-state index in [1.165, 1.54) is 12.1 Å². The summed E-state index contributed by atoms with van der Waals surface area (Å²) in [5.74, 6) is -0.370. The fraction of sp³-hybridized carbons (Fsp3) is 0.150. The fourth-order valence-electron chi connectivity index (χ4n) is 3.12. The minimum atomic E-state index is -0.459. The van der Waals surface area contributed by atoms with Gasteiger partial charge in [-0.05, 0) is 30.7 Å². The number of fused-ring (bicyclic) bond motifs is 2. The van der Waals surface area contributed by atoms with E-state index in [-0.39, 0.29) is 25.0 Å². The van der Waals surface area contributed by atoms with Crippen molar-refractivity contribution >= 4 is 34.4 Å². The summed E-state index contributed by atoms with van der Waals surface area (Å²) in [4.78, 5) is 37.4. The Labute approximate surface area is 158 Å². The lowest BCUT2D eigenvalue weighted by molar-refractivity contribution is 0.0631. The molecular weight excluding hydrogens is 370 g/mol. The summed E-state index contributed by atoms with van der Waals surface area (Å²) in [5, 5.41) is 1.06. The van der Waals surface area contributed by atoms with Gasteiger partial charge in [0.15, 0.2) is 0 Å². The molecule has 2 amide bonds. The number of halogens is 1. The fourth-order valence-corrected chi connectivity index (χ4v) is 3.34. The molecule has 0 atom stereocenters. The van der Waals surface area contributed by atoms with E-state index in [9.17, 15) is 14.4 Å². The van der Waals surface area contributed by atoms with Crippen molar-refractivity contribution in [1.82, 2.24) is 4.90 Å². The summed E-state index contributed by atoms with van der Waals surface area (Å²) in [6.07, 6.45) is 0. The van der Waals surface area contributed by atoms with Gasteiger partial charge < -0.3 is 9.15 Å². The number of ether oxygens (including phenoxy) is 1. The second kappa shape index (κ2) is 6.55. The summed E-state index contributed by atoms with van der Waals surface area (Å²) in [6, 6.07) is 11.3. The molecule has 136 valence electrons. The van der Waals surface area contributed by atoms with Crippen molar-refractivity contribution < 1.29 is 18.7 Å².